The van der Waals surface area contributed by atoms with E-state index >= 15 is 0 Å². The van der Waals surface area contributed by atoms with Crippen molar-refractivity contribution in [3.63, 3.8) is 0 Å². The van der Waals surface area contributed by atoms with Crippen molar-refractivity contribution in [3.8, 4) is 0 Å². The maximum absolute atomic E-state index is 2.39. The monoisotopic (exact) mass is 370 g/mol. The molecule has 3 aromatic rings. The van der Waals surface area contributed by atoms with Crippen LogP contribution >= 0.6 is 0 Å². The van der Waals surface area contributed by atoms with Gasteiger partial charge in [0, 0.05) is 0 Å². The molecule has 0 aromatic heterocycles. The van der Waals surface area contributed by atoms with Crippen LogP contribution in [0, 0.1) is 0 Å². The maximum atomic E-state index is 2.39. The van der Waals surface area contributed by atoms with Crippen molar-refractivity contribution in [1.82, 2.24) is 0 Å². The van der Waals surface area contributed by atoms with Crippen molar-refractivity contribution in [3.05, 3.63) is 107 Å². The van der Waals surface area contributed by atoms with Crippen LogP contribution in [-0.4, -0.2) is 0 Å². The van der Waals surface area contributed by atoms with E-state index in [9.17, 15) is 0 Å². The van der Waals surface area contributed by atoms with E-state index in [2.05, 4.69) is 113 Å². The predicted molar refractivity (Wildman–Crippen MR) is 122 cm³/mol. The second-order valence-corrected chi connectivity index (χ2v) is 8.10. The molecule has 0 fully saturated rings. The fourth-order valence-electron chi connectivity index (χ4n) is 4.69. The summed E-state index contributed by atoms with van der Waals surface area (Å²) in [6.07, 6.45) is 2.42. The lowest BCUT2D eigenvalue weighted by Gasteiger charge is -2.31. The van der Waals surface area contributed by atoms with Gasteiger partial charge in [-0.15, -0.1) is 0 Å². The zero-order valence-electron chi connectivity index (χ0n) is 17.8. The Morgan fingerprint density at radius 1 is 0.500 bits per heavy atom. The van der Waals surface area contributed by atoms with Crippen LogP contribution in [0.4, 0.5) is 0 Å². The van der Waals surface area contributed by atoms with E-state index in [4.69, 9.17) is 0 Å². The molecule has 3 rings (SSSR count). The van der Waals surface area contributed by atoms with Crippen LogP contribution in [0.5, 0.6) is 0 Å². The summed E-state index contributed by atoms with van der Waals surface area (Å²) < 4.78 is 0. The Bertz CT molecular complexity index is 767. The Morgan fingerprint density at radius 3 is 1.29 bits per heavy atom. The second kappa shape index (κ2) is 9.73. The highest BCUT2D eigenvalue weighted by molar-refractivity contribution is 5.35. The van der Waals surface area contributed by atoms with Gasteiger partial charge in [0.25, 0.3) is 0 Å². The van der Waals surface area contributed by atoms with Crippen molar-refractivity contribution >= 4 is 0 Å². The summed E-state index contributed by atoms with van der Waals surface area (Å²) in [5.74, 6) is 2.02. The van der Waals surface area contributed by atoms with Crippen molar-refractivity contribution in [1.29, 1.82) is 0 Å². The summed E-state index contributed by atoms with van der Waals surface area (Å²) in [5, 5.41) is 0. The molecule has 0 saturated heterocycles. The first-order valence-electron chi connectivity index (χ1n) is 10.8. The Labute approximate surface area is 171 Å². The third-order valence-electron chi connectivity index (χ3n) is 6.51. The highest BCUT2D eigenvalue weighted by Crippen LogP contribution is 2.43. The lowest BCUT2D eigenvalue weighted by atomic mass is 9.73. The van der Waals surface area contributed by atoms with E-state index in [-0.39, 0.29) is 0 Å². The molecular formula is C28H34. The van der Waals surface area contributed by atoms with E-state index in [1.807, 2.05) is 0 Å². The molecule has 0 spiro atoms. The van der Waals surface area contributed by atoms with E-state index in [1.54, 1.807) is 0 Å². The lowest BCUT2D eigenvalue weighted by Crippen LogP contribution is -2.16. The first-order chi connectivity index (χ1) is 13.7. The number of hydrogen-bond acceptors (Lipinski definition) is 0. The number of benzene rings is 3. The minimum absolute atomic E-state index is 0.445. The van der Waals surface area contributed by atoms with Crippen LogP contribution < -0.4 is 0 Å². The van der Waals surface area contributed by atoms with E-state index in [0.29, 0.717) is 23.7 Å². The van der Waals surface area contributed by atoms with Crippen LogP contribution in [0.2, 0.25) is 0 Å². The molecule has 0 nitrogen and oxygen atoms in total. The van der Waals surface area contributed by atoms with Crippen molar-refractivity contribution in [2.75, 3.05) is 0 Å². The van der Waals surface area contributed by atoms with Gasteiger partial charge in [0.15, 0.2) is 0 Å². The molecule has 28 heavy (non-hydrogen) atoms. The fraction of sp³-hybridized carbons (Fsp3) is 0.357. The maximum Gasteiger partial charge on any atom is -0.00296 e. The molecule has 0 bridgehead atoms. The van der Waals surface area contributed by atoms with Crippen molar-refractivity contribution in [2.24, 2.45) is 0 Å². The lowest BCUT2D eigenvalue weighted by molar-refractivity contribution is 0.497. The van der Waals surface area contributed by atoms with Crippen LogP contribution in [0.25, 0.3) is 0 Å². The van der Waals surface area contributed by atoms with Gasteiger partial charge in [-0.2, -0.15) is 0 Å². The molecule has 0 radical (unpaired) electrons. The highest BCUT2D eigenvalue weighted by atomic mass is 14.3. The average molecular weight is 371 g/mol. The molecule has 0 amide bonds. The Morgan fingerprint density at radius 2 is 0.893 bits per heavy atom. The number of hydrogen-bond donors (Lipinski definition) is 0. The van der Waals surface area contributed by atoms with Crippen LogP contribution in [0.15, 0.2) is 84.9 Å². The Hall–Kier alpha value is -2.34. The van der Waals surface area contributed by atoms with Crippen LogP contribution in [-0.2, 0) is 0 Å². The minimum atomic E-state index is 0.445. The van der Waals surface area contributed by atoms with Gasteiger partial charge >= 0.3 is 0 Å². The second-order valence-electron chi connectivity index (χ2n) is 8.10. The van der Waals surface area contributed by atoms with Gasteiger partial charge in [0.05, 0.1) is 0 Å². The standard InChI is InChI=1S/C28H34/c1-5-23(6-2)26-17-19-27(20-18-26)28(21(3)24-13-9-7-10-14-24)22(4)25-15-11-8-12-16-25/h7-23,28H,5-6H2,1-4H3. The normalized spacial score (nSPS) is 14.6. The van der Waals surface area contributed by atoms with E-state index in [1.165, 1.54) is 35.1 Å². The van der Waals surface area contributed by atoms with Gasteiger partial charge in [-0.05, 0) is 58.8 Å². The van der Waals surface area contributed by atoms with Gasteiger partial charge in [0.2, 0.25) is 0 Å². The van der Waals surface area contributed by atoms with Crippen LogP contribution in [0.3, 0.4) is 0 Å². The van der Waals surface area contributed by atoms with Gasteiger partial charge in [-0.25, -0.2) is 0 Å². The quantitative estimate of drug-likeness (QED) is 0.374. The molecule has 0 aliphatic rings. The van der Waals surface area contributed by atoms with Crippen molar-refractivity contribution < 1.29 is 0 Å². The third-order valence-corrected chi connectivity index (χ3v) is 6.51. The fourth-order valence-corrected chi connectivity index (χ4v) is 4.69. The largest absolute Gasteiger partial charge is 0.0648 e. The van der Waals surface area contributed by atoms with Gasteiger partial charge in [0.1, 0.15) is 0 Å². The minimum Gasteiger partial charge on any atom is -0.0648 e. The van der Waals surface area contributed by atoms with E-state index < -0.39 is 0 Å². The van der Waals surface area contributed by atoms with Gasteiger partial charge in [-0.1, -0.05) is 113 Å². The van der Waals surface area contributed by atoms with Crippen LogP contribution in [0.1, 0.15) is 86.5 Å². The molecule has 0 heterocycles. The van der Waals surface area contributed by atoms with Gasteiger partial charge < -0.3 is 0 Å². The molecule has 0 heteroatoms. The SMILES string of the molecule is CCC(CC)c1ccc(C(C(C)c2ccccc2)C(C)c2ccccc2)cc1. The molecule has 0 aliphatic heterocycles. The molecule has 0 N–H and O–H groups in total. The highest BCUT2D eigenvalue weighted by Gasteiger charge is 2.27. The summed E-state index contributed by atoms with van der Waals surface area (Å²) in [5.41, 5.74) is 5.76. The molecule has 2 unspecified atom stereocenters. The average Bonchev–Trinajstić information content (AvgIpc) is 2.77. The molecule has 0 saturated carbocycles. The summed E-state index contributed by atoms with van der Waals surface area (Å²) >= 11 is 0. The topological polar surface area (TPSA) is 0 Å². The first-order valence-corrected chi connectivity index (χ1v) is 10.8. The summed E-state index contributed by atoms with van der Waals surface area (Å²) in [4.78, 5) is 0. The first kappa shape index (κ1) is 20.4. The summed E-state index contributed by atoms with van der Waals surface area (Å²) in [6, 6.07) is 31.5. The molecule has 146 valence electrons. The molecule has 0 aliphatic carbocycles. The van der Waals surface area contributed by atoms with Crippen molar-refractivity contribution in [2.45, 2.75) is 64.2 Å². The summed E-state index contributed by atoms with van der Waals surface area (Å²) in [6.45, 7) is 9.35. The van der Waals surface area contributed by atoms with Gasteiger partial charge in [-0.3, -0.25) is 0 Å². The molecular weight excluding hydrogens is 336 g/mol. The Balaban J connectivity index is 1.98. The predicted octanol–water partition coefficient (Wildman–Crippen LogP) is 8.28. The zero-order valence-corrected chi connectivity index (χ0v) is 17.8. The Kier molecular flexibility index (Phi) is 7.09. The smallest absolute Gasteiger partial charge is 0.00296 e. The third kappa shape index (κ3) is 4.55. The molecule has 2 atom stereocenters. The zero-order chi connectivity index (χ0) is 19.9. The molecule has 3 aromatic carbocycles. The van der Waals surface area contributed by atoms with E-state index in [0.717, 1.165) is 0 Å². The number of rotatable bonds is 8. The summed E-state index contributed by atoms with van der Waals surface area (Å²) in [7, 11) is 0.